The van der Waals surface area contributed by atoms with Gasteiger partial charge in [0.1, 0.15) is 0 Å². The second kappa shape index (κ2) is 13.7. The van der Waals surface area contributed by atoms with Gasteiger partial charge in [0.05, 0.1) is 17.6 Å². The van der Waals surface area contributed by atoms with Crippen LogP contribution in [0, 0.1) is 10.1 Å². The molecule has 2 aromatic rings. The van der Waals surface area contributed by atoms with Crippen molar-refractivity contribution in [2.45, 2.75) is 58.0 Å². The van der Waals surface area contributed by atoms with E-state index in [1.807, 2.05) is 12.1 Å². The van der Waals surface area contributed by atoms with E-state index in [0.717, 1.165) is 44.5 Å². The Balaban J connectivity index is 1.58. The Morgan fingerprint density at radius 3 is 2.82 bits per heavy atom. The third kappa shape index (κ3) is 7.73. The molecule has 2 aliphatic heterocycles. The third-order valence-electron chi connectivity index (χ3n) is 6.90. The molecule has 4 rings (SSSR count). The summed E-state index contributed by atoms with van der Waals surface area (Å²) in [5.74, 6) is -0.0440. The van der Waals surface area contributed by atoms with Gasteiger partial charge in [0.25, 0.3) is 0 Å². The van der Waals surface area contributed by atoms with Crippen LogP contribution in [0.3, 0.4) is 0 Å². The number of nitrogen functional groups attached to an aromatic ring is 1. The number of likely N-dealkylation sites (tertiary alicyclic amines) is 1. The van der Waals surface area contributed by atoms with E-state index in [9.17, 15) is 15.2 Å². The van der Waals surface area contributed by atoms with Crippen LogP contribution in [0.4, 0.5) is 23.3 Å². The molecule has 4 N–H and O–H groups in total. The fourth-order valence-electron chi connectivity index (χ4n) is 5.00. The largest absolute Gasteiger partial charge is 0.378 e. The van der Waals surface area contributed by atoms with Crippen molar-refractivity contribution in [3.63, 3.8) is 0 Å². The van der Waals surface area contributed by atoms with E-state index in [1.54, 1.807) is 11.8 Å². The van der Waals surface area contributed by atoms with Crippen LogP contribution in [0.1, 0.15) is 43.7 Å². The average Bonchev–Trinajstić information content (AvgIpc) is 3.60. The number of ether oxygens (including phenoxy) is 2. The van der Waals surface area contributed by atoms with Gasteiger partial charge in [-0.05, 0) is 63.2 Å². The number of hydrogen-bond donors (Lipinski definition) is 3. The zero-order valence-electron chi connectivity index (χ0n) is 22.1. The summed E-state index contributed by atoms with van der Waals surface area (Å²) in [5.41, 5.74) is 7.79. The van der Waals surface area contributed by atoms with Crippen LogP contribution in [0.2, 0.25) is 0 Å². The fourth-order valence-corrected chi connectivity index (χ4v) is 5.00. The number of rotatable bonds is 14. The maximum Gasteiger partial charge on any atom is 0.353 e. The molecular formula is C26H39N7O5. The van der Waals surface area contributed by atoms with Crippen molar-refractivity contribution in [2.24, 2.45) is 0 Å². The number of benzene rings is 1. The molecule has 2 aliphatic rings. The van der Waals surface area contributed by atoms with Crippen molar-refractivity contribution in [3.05, 3.63) is 45.5 Å². The SMILES string of the molecule is CCOC(O)CN(Cc1cccc(CCN2CCCC2)c1)c1nc(NCC2CCCO2)nc(N)c1[N+](=O)[O-]. The molecule has 0 aliphatic carbocycles. The summed E-state index contributed by atoms with van der Waals surface area (Å²) in [4.78, 5) is 24.2. The molecule has 12 nitrogen and oxygen atoms in total. The maximum absolute atomic E-state index is 12.0. The minimum absolute atomic E-state index is 0.0256. The second-order valence-corrected chi connectivity index (χ2v) is 9.79. The van der Waals surface area contributed by atoms with Gasteiger partial charge in [0, 0.05) is 32.8 Å². The molecule has 2 atom stereocenters. The van der Waals surface area contributed by atoms with Crippen LogP contribution in [-0.4, -0.2) is 83.2 Å². The third-order valence-corrected chi connectivity index (χ3v) is 6.90. The van der Waals surface area contributed by atoms with Gasteiger partial charge in [-0.2, -0.15) is 9.97 Å². The Morgan fingerprint density at radius 2 is 2.11 bits per heavy atom. The number of aliphatic hydroxyl groups excluding tert-OH is 1. The van der Waals surface area contributed by atoms with Gasteiger partial charge in [-0.15, -0.1) is 0 Å². The van der Waals surface area contributed by atoms with Gasteiger partial charge in [0.15, 0.2) is 6.29 Å². The molecule has 0 saturated carbocycles. The van der Waals surface area contributed by atoms with Crippen molar-refractivity contribution in [1.82, 2.24) is 14.9 Å². The van der Waals surface area contributed by atoms with Crippen molar-refractivity contribution >= 4 is 23.3 Å². The van der Waals surface area contributed by atoms with E-state index in [-0.39, 0.29) is 36.8 Å². The standard InChI is InChI=1S/C26H39N7O5/c1-2-37-22(34)18-32(17-20-8-5-7-19(15-20)10-13-31-11-3-4-12-31)25-23(33(35)36)24(27)29-26(30-25)28-16-21-9-6-14-38-21/h5,7-8,15,21-22,34H,2-4,6,9-14,16-18H2,1H3,(H3,27,28,29,30). The number of nitro groups is 1. The van der Waals surface area contributed by atoms with Crippen molar-refractivity contribution in [3.8, 4) is 0 Å². The molecule has 208 valence electrons. The van der Waals surface area contributed by atoms with E-state index >= 15 is 0 Å². The number of nitrogens with two attached hydrogens (primary N) is 1. The minimum atomic E-state index is -1.17. The number of nitrogens with one attached hydrogen (secondary N) is 1. The van der Waals surface area contributed by atoms with E-state index in [2.05, 4.69) is 32.3 Å². The van der Waals surface area contributed by atoms with E-state index in [0.29, 0.717) is 19.8 Å². The molecular weight excluding hydrogens is 490 g/mol. The van der Waals surface area contributed by atoms with Crippen molar-refractivity contribution in [2.75, 3.05) is 61.9 Å². The molecule has 0 bridgehead atoms. The predicted octanol–water partition coefficient (Wildman–Crippen LogP) is 2.56. The Hall–Kier alpha value is -3.06. The predicted molar refractivity (Wildman–Crippen MR) is 145 cm³/mol. The Kier molecular flexibility index (Phi) is 10.0. The molecule has 2 unspecified atom stereocenters. The molecule has 2 saturated heterocycles. The zero-order chi connectivity index (χ0) is 26.9. The van der Waals surface area contributed by atoms with Crippen molar-refractivity contribution < 1.29 is 19.5 Å². The lowest BCUT2D eigenvalue weighted by Crippen LogP contribution is -2.35. The lowest BCUT2D eigenvalue weighted by atomic mass is 10.1. The number of hydrogen-bond acceptors (Lipinski definition) is 11. The monoisotopic (exact) mass is 529 g/mol. The van der Waals surface area contributed by atoms with Crippen LogP contribution in [-0.2, 0) is 22.4 Å². The summed E-state index contributed by atoms with van der Waals surface area (Å²) in [6.07, 6.45) is 4.19. The summed E-state index contributed by atoms with van der Waals surface area (Å²) in [6.45, 7) is 6.77. The first kappa shape index (κ1) is 28.0. The number of aliphatic hydroxyl groups is 1. The summed E-state index contributed by atoms with van der Waals surface area (Å²) in [7, 11) is 0. The molecule has 1 aromatic carbocycles. The lowest BCUT2D eigenvalue weighted by Gasteiger charge is -2.27. The molecule has 2 fully saturated rings. The molecule has 0 spiro atoms. The van der Waals surface area contributed by atoms with Gasteiger partial charge in [0.2, 0.25) is 17.6 Å². The summed E-state index contributed by atoms with van der Waals surface area (Å²) in [6, 6.07) is 8.15. The summed E-state index contributed by atoms with van der Waals surface area (Å²) in [5, 5.41) is 25.6. The highest BCUT2D eigenvalue weighted by Crippen LogP contribution is 2.33. The van der Waals surface area contributed by atoms with Gasteiger partial charge in [-0.25, -0.2) is 0 Å². The van der Waals surface area contributed by atoms with E-state index in [1.165, 1.54) is 18.4 Å². The highest BCUT2D eigenvalue weighted by molar-refractivity contribution is 5.71. The smallest absolute Gasteiger partial charge is 0.353 e. The molecule has 1 aromatic heterocycles. The Morgan fingerprint density at radius 1 is 1.32 bits per heavy atom. The zero-order valence-corrected chi connectivity index (χ0v) is 22.1. The number of anilines is 3. The first-order chi connectivity index (χ1) is 18.4. The summed E-state index contributed by atoms with van der Waals surface area (Å²) >= 11 is 0. The molecule has 0 radical (unpaired) electrons. The van der Waals surface area contributed by atoms with Crippen LogP contribution in [0.15, 0.2) is 24.3 Å². The minimum Gasteiger partial charge on any atom is -0.378 e. The number of aromatic nitrogens is 2. The molecule has 38 heavy (non-hydrogen) atoms. The first-order valence-corrected chi connectivity index (χ1v) is 13.4. The Bertz CT molecular complexity index is 1060. The van der Waals surface area contributed by atoms with Gasteiger partial charge >= 0.3 is 5.69 Å². The first-order valence-electron chi connectivity index (χ1n) is 13.4. The quantitative estimate of drug-likeness (QED) is 0.188. The molecule has 3 heterocycles. The van der Waals surface area contributed by atoms with Crippen molar-refractivity contribution in [1.29, 1.82) is 0 Å². The van der Waals surface area contributed by atoms with E-state index < -0.39 is 16.9 Å². The molecule has 12 heteroatoms. The highest BCUT2D eigenvalue weighted by Gasteiger charge is 2.29. The maximum atomic E-state index is 12.0. The Labute approximate surface area is 223 Å². The molecule has 0 amide bonds. The van der Waals surface area contributed by atoms with Crippen LogP contribution in [0.25, 0.3) is 0 Å². The van der Waals surface area contributed by atoms with E-state index in [4.69, 9.17) is 15.2 Å². The highest BCUT2D eigenvalue weighted by atomic mass is 16.6. The normalized spacial score (nSPS) is 18.5. The topological polar surface area (TPSA) is 152 Å². The van der Waals surface area contributed by atoms with Crippen LogP contribution in [0.5, 0.6) is 0 Å². The lowest BCUT2D eigenvalue weighted by molar-refractivity contribution is -0.383. The van der Waals surface area contributed by atoms with Gasteiger partial charge in [-0.1, -0.05) is 24.3 Å². The van der Waals surface area contributed by atoms with Gasteiger partial charge in [-0.3, -0.25) is 10.1 Å². The van der Waals surface area contributed by atoms with Gasteiger partial charge < -0.3 is 35.4 Å². The van der Waals surface area contributed by atoms with Crippen LogP contribution < -0.4 is 16.0 Å². The average molecular weight is 530 g/mol. The second-order valence-electron chi connectivity index (χ2n) is 9.79. The van der Waals surface area contributed by atoms with Crippen LogP contribution >= 0.6 is 0 Å². The fraction of sp³-hybridized carbons (Fsp3) is 0.615. The summed E-state index contributed by atoms with van der Waals surface area (Å²) < 4.78 is 11.0. The number of nitrogens with zero attached hydrogens (tertiary/aromatic N) is 5.